The lowest BCUT2D eigenvalue weighted by molar-refractivity contribution is -0.579. The number of nitrogens with one attached hydrogen (secondary N) is 1. The second-order valence-electron chi connectivity index (χ2n) is 4.12. The quantitative estimate of drug-likeness (QED) is 0.454. The van der Waals surface area contributed by atoms with E-state index in [2.05, 4.69) is 35.4 Å². The minimum absolute atomic E-state index is 1.05. The van der Waals surface area contributed by atoms with Gasteiger partial charge in [0.05, 0.1) is 11.7 Å². The third-order valence-corrected chi connectivity index (χ3v) is 3.14. The third-order valence-electron chi connectivity index (χ3n) is 3.14. The Labute approximate surface area is 97.3 Å². The zero-order chi connectivity index (χ0) is 11.2. The lowest BCUT2D eigenvalue weighted by atomic mass is 10.2. The molecule has 0 saturated heterocycles. The molecule has 3 nitrogen and oxygen atoms in total. The minimum atomic E-state index is 1.05. The van der Waals surface area contributed by atoms with Crippen molar-refractivity contribution in [3.05, 3.63) is 54.9 Å². The van der Waals surface area contributed by atoms with Crippen molar-refractivity contribution in [3.63, 3.8) is 0 Å². The van der Waals surface area contributed by atoms with Gasteiger partial charge in [0.2, 0.25) is 6.20 Å². The maximum Gasteiger partial charge on any atom is 0.261 e. The van der Waals surface area contributed by atoms with Crippen LogP contribution in [0, 0.1) is 0 Å². The Morgan fingerprint density at radius 2 is 1.88 bits per heavy atom. The van der Waals surface area contributed by atoms with Crippen LogP contribution in [0.4, 0.5) is 0 Å². The molecular weight excluding hydrogens is 210 g/mol. The van der Waals surface area contributed by atoms with Crippen molar-refractivity contribution in [1.29, 1.82) is 0 Å². The SMILES string of the molecule is c1ccc2c(c1)nc1c2cc[n+]2[nH]cccc12. The first kappa shape index (κ1) is 8.70. The number of hydrogen-bond acceptors (Lipinski definition) is 1. The fraction of sp³-hybridized carbons (Fsp3) is 0. The van der Waals surface area contributed by atoms with Crippen molar-refractivity contribution in [2.45, 2.75) is 0 Å². The molecule has 0 unspecified atom stereocenters. The molecule has 4 aromatic rings. The van der Waals surface area contributed by atoms with Crippen LogP contribution in [0.25, 0.3) is 27.3 Å². The van der Waals surface area contributed by atoms with E-state index < -0.39 is 0 Å². The molecule has 0 aliphatic heterocycles. The number of benzene rings is 1. The lowest BCUT2D eigenvalue weighted by Gasteiger charge is -1.91. The molecular formula is C14H10N3+. The van der Waals surface area contributed by atoms with Crippen molar-refractivity contribution in [2.75, 3.05) is 0 Å². The van der Waals surface area contributed by atoms with Gasteiger partial charge in [0.15, 0.2) is 0 Å². The molecule has 0 fully saturated rings. The van der Waals surface area contributed by atoms with E-state index in [0.29, 0.717) is 0 Å². The van der Waals surface area contributed by atoms with Crippen LogP contribution >= 0.6 is 0 Å². The average Bonchev–Trinajstić information content (AvgIpc) is 2.78. The highest BCUT2D eigenvalue weighted by molar-refractivity contribution is 6.10. The van der Waals surface area contributed by atoms with Crippen LogP contribution in [-0.4, -0.2) is 10.1 Å². The first-order valence-electron chi connectivity index (χ1n) is 5.60. The normalized spacial score (nSPS) is 11.5. The Morgan fingerprint density at radius 3 is 2.88 bits per heavy atom. The molecule has 3 heteroatoms. The largest absolute Gasteiger partial charge is 0.261 e. The predicted octanol–water partition coefficient (Wildman–Crippen LogP) is 2.45. The standard InChI is InChI=1S/C14H9N3/c1-2-5-12-10(4-1)11-7-9-17-13(14(11)16-12)6-3-8-15-17/h1-9H/p+1. The zero-order valence-electron chi connectivity index (χ0n) is 9.09. The number of fused-ring (bicyclic) bond motifs is 5. The van der Waals surface area contributed by atoms with Crippen LogP contribution in [-0.2, 0) is 0 Å². The van der Waals surface area contributed by atoms with E-state index in [4.69, 9.17) is 4.98 Å². The first-order valence-corrected chi connectivity index (χ1v) is 5.60. The van der Waals surface area contributed by atoms with E-state index in [-0.39, 0.29) is 0 Å². The van der Waals surface area contributed by atoms with Gasteiger partial charge in [-0.3, -0.25) is 0 Å². The van der Waals surface area contributed by atoms with Gasteiger partial charge < -0.3 is 0 Å². The number of nitrogens with zero attached hydrogens (tertiary/aromatic N) is 2. The molecule has 0 spiro atoms. The number of para-hydroxylation sites is 1. The smallest absolute Gasteiger partial charge is 0.241 e. The Hall–Kier alpha value is -2.42. The summed E-state index contributed by atoms with van der Waals surface area (Å²) >= 11 is 0. The molecule has 3 aromatic heterocycles. The summed E-state index contributed by atoms with van der Waals surface area (Å²) in [6.45, 7) is 0. The van der Waals surface area contributed by atoms with Crippen LogP contribution < -0.4 is 4.52 Å². The van der Waals surface area contributed by atoms with Crippen LogP contribution in [0.5, 0.6) is 0 Å². The van der Waals surface area contributed by atoms with Crippen molar-refractivity contribution in [3.8, 4) is 0 Å². The highest BCUT2D eigenvalue weighted by Gasteiger charge is 2.12. The van der Waals surface area contributed by atoms with Crippen LogP contribution in [0.2, 0.25) is 0 Å². The second kappa shape index (κ2) is 3.04. The third kappa shape index (κ3) is 1.11. The topological polar surface area (TPSA) is 32.8 Å². The molecule has 1 aromatic carbocycles. The summed E-state index contributed by atoms with van der Waals surface area (Å²) in [7, 11) is 0. The monoisotopic (exact) mass is 220 g/mol. The predicted molar refractivity (Wildman–Crippen MR) is 66.8 cm³/mol. The fourth-order valence-electron chi connectivity index (χ4n) is 2.35. The molecule has 0 aliphatic rings. The van der Waals surface area contributed by atoms with Gasteiger partial charge in [-0.15, -0.1) is 0 Å². The summed E-state index contributed by atoms with van der Waals surface area (Å²) in [4.78, 5) is 4.70. The molecule has 0 radical (unpaired) electrons. The average molecular weight is 220 g/mol. The number of H-pyrrole nitrogens is 1. The van der Waals surface area contributed by atoms with Gasteiger partial charge in [-0.2, -0.15) is 5.10 Å². The van der Waals surface area contributed by atoms with Gasteiger partial charge in [0.25, 0.3) is 5.52 Å². The number of pyridine rings is 1. The molecule has 80 valence electrons. The van der Waals surface area contributed by atoms with Crippen LogP contribution in [0.1, 0.15) is 0 Å². The summed E-state index contributed by atoms with van der Waals surface area (Å²) < 4.78 is 1.98. The maximum atomic E-state index is 4.70. The zero-order valence-corrected chi connectivity index (χ0v) is 9.09. The summed E-state index contributed by atoms with van der Waals surface area (Å²) in [5, 5.41) is 5.59. The summed E-state index contributed by atoms with van der Waals surface area (Å²) in [5.41, 5.74) is 3.20. The fourth-order valence-corrected chi connectivity index (χ4v) is 2.35. The maximum absolute atomic E-state index is 4.70. The number of rotatable bonds is 0. The molecule has 0 aliphatic carbocycles. The van der Waals surface area contributed by atoms with Gasteiger partial charge in [0, 0.05) is 22.9 Å². The summed E-state index contributed by atoms with van der Waals surface area (Å²) in [5.74, 6) is 0. The molecule has 4 rings (SSSR count). The first-order chi connectivity index (χ1) is 8.43. The van der Waals surface area contributed by atoms with Gasteiger partial charge in [-0.05, 0) is 12.1 Å². The van der Waals surface area contributed by atoms with Gasteiger partial charge >= 0.3 is 0 Å². The molecule has 0 amide bonds. The van der Waals surface area contributed by atoms with Crippen LogP contribution in [0.3, 0.4) is 0 Å². The Morgan fingerprint density at radius 1 is 0.941 bits per heavy atom. The van der Waals surface area contributed by atoms with E-state index in [1.165, 1.54) is 10.8 Å². The Kier molecular flexibility index (Phi) is 1.56. The minimum Gasteiger partial charge on any atom is -0.241 e. The summed E-state index contributed by atoms with van der Waals surface area (Å²) in [6, 6.07) is 14.4. The van der Waals surface area contributed by atoms with Gasteiger partial charge in [-0.1, -0.05) is 22.7 Å². The van der Waals surface area contributed by atoms with Gasteiger partial charge in [-0.25, -0.2) is 4.98 Å². The molecule has 17 heavy (non-hydrogen) atoms. The second-order valence-corrected chi connectivity index (χ2v) is 4.12. The van der Waals surface area contributed by atoms with Crippen molar-refractivity contribution < 1.29 is 4.52 Å². The molecule has 3 heterocycles. The number of aromatic nitrogens is 3. The van der Waals surface area contributed by atoms with E-state index in [0.717, 1.165) is 16.6 Å². The van der Waals surface area contributed by atoms with Gasteiger partial charge in [0.1, 0.15) is 5.52 Å². The van der Waals surface area contributed by atoms with E-state index in [1.54, 1.807) is 0 Å². The lowest BCUT2D eigenvalue weighted by Crippen LogP contribution is -2.25. The highest BCUT2D eigenvalue weighted by Crippen LogP contribution is 2.25. The Bertz CT molecular complexity index is 846. The Balaban J connectivity index is 2.34. The summed E-state index contributed by atoms with van der Waals surface area (Å²) in [6.07, 6.45) is 3.94. The molecule has 0 bridgehead atoms. The van der Waals surface area contributed by atoms with E-state index in [9.17, 15) is 0 Å². The van der Waals surface area contributed by atoms with Crippen molar-refractivity contribution >= 4 is 27.3 Å². The highest BCUT2D eigenvalue weighted by atomic mass is 15.2. The molecule has 0 atom stereocenters. The van der Waals surface area contributed by atoms with Crippen molar-refractivity contribution in [1.82, 2.24) is 10.1 Å². The number of aromatic amines is 1. The van der Waals surface area contributed by atoms with Crippen molar-refractivity contribution in [2.24, 2.45) is 0 Å². The van der Waals surface area contributed by atoms with Crippen LogP contribution in [0.15, 0.2) is 54.9 Å². The van der Waals surface area contributed by atoms with E-state index >= 15 is 0 Å². The number of hydrogen-bond donors (Lipinski definition) is 1. The molecule has 1 N–H and O–H groups in total. The van der Waals surface area contributed by atoms with E-state index in [1.807, 2.05) is 29.0 Å². The molecule has 0 saturated carbocycles.